The molecular formula is C16H25NO. The third-order valence-corrected chi connectivity index (χ3v) is 3.46. The SMILES string of the molecule is CC(C)Oc1cccc(CCC2CCCCN2)c1. The molecule has 1 aliphatic rings. The van der Waals surface area contributed by atoms with Gasteiger partial charge in [0.15, 0.2) is 0 Å². The Bertz CT molecular complexity index is 356. The lowest BCUT2D eigenvalue weighted by molar-refractivity contribution is 0.242. The van der Waals surface area contributed by atoms with Crippen molar-refractivity contribution in [2.75, 3.05) is 6.54 Å². The van der Waals surface area contributed by atoms with Gasteiger partial charge in [0.25, 0.3) is 0 Å². The van der Waals surface area contributed by atoms with Crippen LogP contribution in [0.1, 0.15) is 45.1 Å². The molecule has 100 valence electrons. The van der Waals surface area contributed by atoms with Crippen LogP contribution in [0.5, 0.6) is 5.75 Å². The highest BCUT2D eigenvalue weighted by molar-refractivity contribution is 5.28. The van der Waals surface area contributed by atoms with E-state index in [-0.39, 0.29) is 6.10 Å². The number of piperidine rings is 1. The summed E-state index contributed by atoms with van der Waals surface area (Å²) in [7, 11) is 0. The average molecular weight is 247 g/mol. The van der Waals surface area contributed by atoms with E-state index in [9.17, 15) is 0 Å². The molecule has 1 aromatic carbocycles. The Kier molecular flexibility index (Phi) is 5.06. The topological polar surface area (TPSA) is 21.3 Å². The zero-order valence-corrected chi connectivity index (χ0v) is 11.6. The van der Waals surface area contributed by atoms with Crippen molar-refractivity contribution >= 4 is 0 Å². The van der Waals surface area contributed by atoms with Gasteiger partial charge in [-0.15, -0.1) is 0 Å². The fourth-order valence-corrected chi connectivity index (χ4v) is 2.56. The molecule has 2 heteroatoms. The van der Waals surface area contributed by atoms with Crippen LogP contribution < -0.4 is 10.1 Å². The van der Waals surface area contributed by atoms with E-state index in [0.29, 0.717) is 6.04 Å². The first-order valence-corrected chi connectivity index (χ1v) is 7.23. The van der Waals surface area contributed by atoms with Gasteiger partial charge in [-0.1, -0.05) is 18.6 Å². The molecule has 0 aromatic heterocycles. The second kappa shape index (κ2) is 6.79. The second-order valence-corrected chi connectivity index (χ2v) is 5.50. The van der Waals surface area contributed by atoms with Crippen molar-refractivity contribution in [2.24, 2.45) is 0 Å². The van der Waals surface area contributed by atoms with Gasteiger partial charge in [-0.25, -0.2) is 0 Å². The molecule has 1 N–H and O–H groups in total. The van der Waals surface area contributed by atoms with Crippen molar-refractivity contribution in [3.05, 3.63) is 29.8 Å². The Morgan fingerprint density at radius 2 is 2.22 bits per heavy atom. The van der Waals surface area contributed by atoms with Crippen LogP contribution in [0.15, 0.2) is 24.3 Å². The van der Waals surface area contributed by atoms with Gasteiger partial charge in [0.2, 0.25) is 0 Å². The zero-order chi connectivity index (χ0) is 12.8. The summed E-state index contributed by atoms with van der Waals surface area (Å²) >= 11 is 0. The van der Waals surface area contributed by atoms with Crippen LogP contribution in [0.3, 0.4) is 0 Å². The highest BCUT2D eigenvalue weighted by atomic mass is 16.5. The molecule has 0 saturated carbocycles. The summed E-state index contributed by atoms with van der Waals surface area (Å²) in [6, 6.07) is 9.25. The average Bonchev–Trinajstić information content (AvgIpc) is 2.37. The van der Waals surface area contributed by atoms with Crippen LogP contribution in [0.25, 0.3) is 0 Å². The van der Waals surface area contributed by atoms with E-state index in [1.165, 1.54) is 37.8 Å². The van der Waals surface area contributed by atoms with Crippen molar-refractivity contribution < 1.29 is 4.74 Å². The van der Waals surface area contributed by atoms with Gasteiger partial charge >= 0.3 is 0 Å². The molecule has 0 amide bonds. The molecule has 1 unspecified atom stereocenters. The number of hydrogen-bond donors (Lipinski definition) is 1. The van der Waals surface area contributed by atoms with Crippen molar-refractivity contribution in [3.8, 4) is 5.75 Å². The molecular weight excluding hydrogens is 222 g/mol. The third-order valence-electron chi connectivity index (χ3n) is 3.46. The Hall–Kier alpha value is -1.02. The lowest BCUT2D eigenvalue weighted by Crippen LogP contribution is -2.34. The molecule has 1 heterocycles. The minimum Gasteiger partial charge on any atom is -0.491 e. The molecule has 1 aromatic rings. The molecule has 2 nitrogen and oxygen atoms in total. The van der Waals surface area contributed by atoms with E-state index in [0.717, 1.165) is 12.2 Å². The Balaban J connectivity index is 1.84. The molecule has 1 fully saturated rings. The van der Waals surface area contributed by atoms with Gasteiger partial charge in [-0.2, -0.15) is 0 Å². The summed E-state index contributed by atoms with van der Waals surface area (Å²) in [5.41, 5.74) is 1.39. The second-order valence-electron chi connectivity index (χ2n) is 5.50. The van der Waals surface area contributed by atoms with E-state index in [4.69, 9.17) is 4.74 Å². The largest absolute Gasteiger partial charge is 0.491 e. The number of aryl methyl sites for hydroxylation is 1. The summed E-state index contributed by atoms with van der Waals surface area (Å²) in [6.07, 6.45) is 6.70. The molecule has 0 spiro atoms. The van der Waals surface area contributed by atoms with Crippen molar-refractivity contribution in [1.82, 2.24) is 5.32 Å². The Morgan fingerprint density at radius 1 is 1.33 bits per heavy atom. The highest BCUT2D eigenvalue weighted by Crippen LogP contribution is 2.18. The number of nitrogens with one attached hydrogen (secondary N) is 1. The molecule has 1 aliphatic heterocycles. The molecule has 0 radical (unpaired) electrons. The van der Waals surface area contributed by atoms with E-state index >= 15 is 0 Å². The van der Waals surface area contributed by atoms with Crippen LogP contribution in [0, 0.1) is 0 Å². The van der Waals surface area contributed by atoms with Gasteiger partial charge in [0.1, 0.15) is 5.75 Å². The van der Waals surface area contributed by atoms with Crippen LogP contribution >= 0.6 is 0 Å². The monoisotopic (exact) mass is 247 g/mol. The maximum Gasteiger partial charge on any atom is 0.119 e. The molecule has 1 atom stereocenters. The van der Waals surface area contributed by atoms with Gasteiger partial charge in [-0.3, -0.25) is 0 Å². The minimum absolute atomic E-state index is 0.250. The van der Waals surface area contributed by atoms with Gasteiger partial charge < -0.3 is 10.1 Å². The van der Waals surface area contributed by atoms with E-state index < -0.39 is 0 Å². The summed E-state index contributed by atoms with van der Waals surface area (Å²) in [6.45, 7) is 5.33. The predicted octanol–water partition coefficient (Wildman–Crippen LogP) is 3.55. The summed E-state index contributed by atoms with van der Waals surface area (Å²) in [5, 5.41) is 3.60. The maximum atomic E-state index is 5.73. The molecule has 0 aliphatic carbocycles. The van der Waals surface area contributed by atoms with E-state index in [2.05, 4.69) is 37.4 Å². The first kappa shape index (κ1) is 13.4. The zero-order valence-electron chi connectivity index (χ0n) is 11.6. The smallest absolute Gasteiger partial charge is 0.119 e. The first-order chi connectivity index (χ1) is 8.74. The molecule has 2 rings (SSSR count). The van der Waals surface area contributed by atoms with Crippen molar-refractivity contribution in [1.29, 1.82) is 0 Å². The third kappa shape index (κ3) is 4.34. The number of rotatable bonds is 5. The van der Waals surface area contributed by atoms with Crippen molar-refractivity contribution in [3.63, 3.8) is 0 Å². The molecule has 18 heavy (non-hydrogen) atoms. The number of hydrogen-bond acceptors (Lipinski definition) is 2. The maximum absolute atomic E-state index is 5.73. The van der Waals surface area contributed by atoms with Gasteiger partial charge in [0.05, 0.1) is 6.10 Å². The van der Waals surface area contributed by atoms with Crippen molar-refractivity contribution in [2.45, 2.75) is 58.1 Å². The van der Waals surface area contributed by atoms with Gasteiger partial charge in [0, 0.05) is 6.04 Å². The quantitative estimate of drug-likeness (QED) is 0.859. The van der Waals surface area contributed by atoms with Crippen LogP contribution in [0.2, 0.25) is 0 Å². The number of ether oxygens (including phenoxy) is 1. The lowest BCUT2D eigenvalue weighted by Gasteiger charge is -2.23. The highest BCUT2D eigenvalue weighted by Gasteiger charge is 2.12. The van der Waals surface area contributed by atoms with Crippen LogP contribution in [0.4, 0.5) is 0 Å². The van der Waals surface area contributed by atoms with E-state index in [1.807, 2.05) is 6.07 Å². The Labute approximate surface area is 111 Å². The normalized spacial score (nSPS) is 20.1. The molecule has 0 bridgehead atoms. The minimum atomic E-state index is 0.250. The fourth-order valence-electron chi connectivity index (χ4n) is 2.56. The predicted molar refractivity (Wildman–Crippen MR) is 76.2 cm³/mol. The first-order valence-electron chi connectivity index (χ1n) is 7.23. The number of benzene rings is 1. The van der Waals surface area contributed by atoms with Gasteiger partial charge in [-0.05, 0) is 63.8 Å². The summed E-state index contributed by atoms with van der Waals surface area (Å²) in [5.74, 6) is 0.999. The lowest BCUT2D eigenvalue weighted by atomic mass is 9.98. The summed E-state index contributed by atoms with van der Waals surface area (Å²) in [4.78, 5) is 0. The van der Waals surface area contributed by atoms with Crippen LogP contribution in [-0.4, -0.2) is 18.7 Å². The standard InChI is InChI=1S/C16H25NO/c1-13(2)18-16-8-5-6-14(12-16)9-10-15-7-3-4-11-17-15/h5-6,8,12-13,15,17H,3-4,7,9-11H2,1-2H3. The van der Waals surface area contributed by atoms with Crippen LogP contribution in [-0.2, 0) is 6.42 Å². The van der Waals surface area contributed by atoms with E-state index in [1.54, 1.807) is 0 Å². The Morgan fingerprint density at radius 3 is 2.94 bits per heavy atom. The molecule has 1 saturated heterocycles. The summed E-state index contributed by atoms with van der Waals surface area (Å²) < 4.78 is 5.73. The fraction of sp³-hybridized carbons (Fsp3) is 0.625.